The normalized spacial score (nSPS) is 21.5. The number of carbonyl (C=O) groups is 1. The van der Waals surface area contributed by atoms with E-state index in [1.165, 1.54) is 5.56 Å². The van der Waals surface area contributed by atoms with Crippen LogP contribution in [0.25, 0.3) is 0 Å². The van der Waals surface area contributed by atoms with Crippen molar-refractivity contribution in [1.82, 2.24) is 5.32 Å². The van der Waals surface area contributed by atoms with Gasteiger partial charge in [-0.05, 0) is 37.8 Å². The molecule has 1 saturated heterocycles. The monoisotopic (exact) mass is 253 g/mol. The quantitative estimate of drug-likeness (QED) is 0.894. The van der Waals surface area contributed by atoms with Crippen molar-refractivity contribution in [3.8, 4) is 0 Å². The first-order chi connectivity index (χ1) is 8.01. The van der Waals surface area contributed by atoms with Gasteiger partial charge in [0.1, 0.15) is 6.10 Å². The molecule has 4 heteroatoms. The zero-order chi connectivity index (χ0) is 12.5. The largest absolute Gasteiger partial charge is 0.368 e. The highest BCUT2D eigenvalue weighted by Crippen LogP contribution is 2.31. The Balaban J connectivity index is 2.16. The molecule has 17 heavy (non-hydrogen) atoms. The van der Waals surface area contributed by atoms with Gasteiger partial charge in [-0.3, -0.25) is 4.79 Å². The fourth-order valence-electron chi connectivity index (χ4n) is 2.02. The van der Waals surface area contributed by atoms with E-state index in [2.05, 4.69) is 23.7 Å². The van der Waals surface area contributed by atoms with Gasteiger partial charge in [-0.1, -0.05) is 0 Å². The van der Waals surface area contributed by atoms with E-state index in [4.69, 9.17) is 4.74 Å². The fourth-order valence-corrected chi connectivity index (χ4v) is 3.05. The van der Waals surface area contributed by atoms with E-state index < -0.39 is 5.41 Å². The molecule has 0 bridgehead atoms. The third-order valence-electron chi connectivity index (χ3n) is 3.18. The summed E-state index contributed by atoms with van der Waals surface area (Å²) in [5.41, 5.74) is 0.761. The van der Waals surface area contributed by atoms with Crippen molar-refractivity contribution in [2.24, 2.45) is 0 Å². The van der Waals surface area contributed by atoms with Crippen LogP contribution >= 0.6 is 11.3 Å². The lowest BCUT2D eigenvalue weighted by molar-refractivity contribution is -0.136. The number of ether oxygens (including phenoxy) is 1. The van der Waals surface area contributed by atoms with Gasteiger partial charge in [0, 0.05) is 18.0 Å². The number of Topliss-reactive ketones (excluding diaryl/α,β-unsaturated/α-hetero) is 1. The average Bonchev–Trinajstić information content (AvgIpc) is 2.77. The van der Waals surface area contributed by atoms with E-state index in [0.29, 0.717) is 13.2 Å². The molecule has 1 unspecified atom stereocenters. The molecule has 0 aliphatic carbocycles. The SMILES string of the molecule is Cc1csc(C(C)(C)C(=O)C2CNCCO2)c1. The molecule has 1 aromatic rings. The molecule has 0 saturated carbocycles. The highest BCUT2D eigenvalue weighted by molar-refractivity contribution is 7.10. The summed E-state index contributed by atoms with van der Waals surface area (Å²) in [5.74, 6) is 0.173. The van der Waals surface area contributed by atoms with Crippen molar-refractivity contribution in [3.05, 3.63) is 21.9 Å². The summed E-state index contributed by atoms with van der Waals surface area (Å²) >= 11 is 1.65. The third-order valence-corrected chi connectivity index (χ3v) is 4.55. The molecule has 3 nitrogen and oxygen atoms in total. The van der Waals surface area contributed by atoms with Gasteiger partial charge in [0.2, 0.25) is 0 Å². The van der Waals surface area contributed by atoms with Gasteiger partial charge in [0.05, 0.1) is 12.0 Å². The van der Waals surface area contributed by atoms with E-state index in [9.17, 15) is 4.79 Å². The van der Waals surface area contributed by atoms with E-state index in [1.807, 2.05) is 13.8 Å². The maximum Gasteiger partial charge on any atom is 0.173 e. The molecule has 2 rings (SSSR count). The molecule has 1 aliphatic heterocycles. The first-order valence-corrected chi connectivity index (χ1v) is 6.82. The van der Waals surface area contributed by atoms with Crippen molar-refractivity contribution < 1.29 is 9.53 Å². The molecular weight excluding hydrogens is 234 g/mol. The zero-order valence-corrected chi connectivity index (χ0v) is 11.4. The fraction of sp³-hybridized carbons (Fsp3) is 0.615. The van der Waals surface area contributed by atoms with Gasteiger partial charge in [0.15, 0.2) is 5.78 Å². The van der Waals surface area contributed by atoms with Crippen LogP contribution in [0.15, 0.2) is 11.4 Å². The Morgan fingerprint density at radius 1 is 1.59 bits per heavy atom. The van der Waals surface area contributed by atoms with Crippen molar-refractivity contribution in [2.45, 2.75) is 32.3 Å². The Bertz CT molecular complexity index is 405. The second kappa shape index (κ2) is 4.88. The first-order valence-electron chi connectivity index (χ1n) is 5.94. The van der Waals surface area contributed by atoms with Crippen LogP contribution in [0.5, 0.6) is 0 Å². The maximum atomic E-state index is 12.5. The molecule has 94 valence electrons. The summed E-state index contributed by atoms with van der Waals surface area (Å²) in [6, 6.07) is 2.10. The van der Waals surface area contributed by atoms with E-state index in [0.717, 1.165) is 11.4 Å². The number of morpholine rings is 1. The Kier molecular flexibility index (Phi) is 3.66. The van der Waals surface area contributed by atoms with Gasteiger partial charge < -0.3 is 10.1 Å². The first kappa shape index (κ1) is 12.7. The standard InChI is InChI=1S/C13H19NO2S/c1-9-6-11(17-8-9)13(2,3)12(15)10-7-14-4-5-16-10/h6,8,10,14H,4-5,7H2,1-3H3. The summed E-state index contributed by atoms with van der Waals surface area (Å²) in [5, 5.41) is 5.29. The van der Waals surface area contributed by atoms with Crippen molar-refractivity contribution in [2.75, 3.05) is 19.7 Å². The zero-order valence-electron chi connectivity index (χ0n) is 10.6. The summed E-state index contributed by atoms with van der Waals surface area (Å²) in [6.07, 6.45) is -0.304. The minimum absolute atomic E-state index is 0.173. The van der Waals surface area contributed by atoms with Crippen molar-refractivity contribution in [1.29, 1.82) is 0 Å². The van der Waals surface area contributed by atoms with Gasteiger partial charge in [-0.2, -0.15) is 0 Å². The lowest BCUT2D eigenvalue weighted by Crippen LogP contribution is -2.48. The van der Waals surface area contributed by atoms with Crippen LogP contribution in [-0.2, 0) is 14.9 Å². The third kappa shape index (κ3) is 2.59. The summed E-state index contributed by atoms with van der Waals surface area (Å²) in [6.45, 7) is 8.11. The number of thiophene rings is 1. The van der Waals surface area contributed by atoms with Crippen LogP contribution in [0.4, 0.5) is 0 Å². The second-order valence-electron chi connectivity index (χ2n) is 5.04. The Hall–Kier alpha value is -0.710. The Labute approximate surface area is 106 Å². The smallest absolute Gasteiger partial charge is 0.173 e. The molecule has 1 aliphatic rings. The van der Waals surface area contributed by atoms with Crippen LogP contribution in [0, 0.1) is 6.92 Å². The van der Waals surface area contributed by atoms with Crippen LogP contribution in [-0.4, -0.2) is 31.6 Å². The topological polar surface area (TPSA) is 38.3 Å². The second-order valence-corrected chi connectivity index (χ2v) is 5.95. The number of hydrogen-bond acceptors (Lipinski definition) is 4. The van der Waals surface area contributed by atoms with Crippen molar-refractivity contribution >= 4 is 17.1 Å². The molecule has 1 atom stereocenters. The molecule has 0 amide bonds. The minimum Gasteiger partial charge on any atom is -0.368 e. The summed E-state index contributed by atoms with van der Waals surface area (Å²) in [4.78, 5) is 13.6. The highest BCUT2D eigenvalue weighted by atomic mass is 32.1. The molecule has 1 N–H and O–H groups in total. The van der Waals surface area contributed by atoms with Gasteiger partial charge in [-0.15, -0.1) is 11.3 Å². The van der Waals surface area contributed by atoms with Gasteiger partial charge in [0.25, 0.3) is 0 Å². The van der Waals surface area contributed by atoms with Crippen molar-refractivity contribution in [3.63, 3.8) is 0 Å². The van der Waals surface area contributed by atoms with Crippen LogP contribution in [0.2, 0.25) is 0 Å². The van der Waals surface area contributed by atoms with E-state index in [1.54, 1.807) is 11.3 Å². The number of carbonyl (C=O) groups excluding carboxylic acids is 1. The van der Waals surface area contributed by atoms with Gasteiger partial charge in [-0.25, -0.2) is 0 Å². The number of aryl methyl sites for hydroxylation is 1. The molecule has 0 spiro atoms. The van der Waals surface area contributed by atoms with Gasteiger partial charge >= 0.3 is 0 Å². The summed E-state index contributed by atoms with van der Waals surface area (Å²) in [7, 11) is 0. The molecular formula is C13H19NO2S. The Morgan fingerprint density at radius 2 is 2.35 bits per heavy atom. The highest BCUT2D eigenvalue weighted by Gasteiger charge is 2.37. The molecule has 2 heterocycles. The van der Waals surface area contributed by atoms with Crippen LogP contribution in [0.1, 0.15) is 24.3 Å². The van der Waals surface area contributed by atoms with E-state index >= 15 is 0 Å². The molecule has 0 aromatic carbocycles. The number of nitrogens with one attached hydrogen (secondary N) is 1. The number of ketones is 1. The lowest BCUT2D eigenvalue weighted by Gasteiger charge is -2.30. The molecule has 1 aromatic heterocycles. The van der Waals surface area contributed by atoms with Crippen LogP contribution < -0.4 is 5.32 Å². The average molecular weight is 253 g/mol. The summed E-state index contributed by atoms with van der Waals surface area (Å²) < 4.78 is 5.55. The lowest BCUT2D eigenvalue weighted by atomic mass is 9.83. The van der Waals surface area contributed by atoms with E-state index in [-0.39, 0.29) is 11.9 Å². The van der Waals surface area contributed by atoms with Crippen LogP contribution in [0.3, 0.4) is 0 Å². The maximum absolute atomic E-state index is 12.5. The predicted octanol–water partition coefficient (Wildman–Crippen LogP) is 1.89. The molecule has 0 radical (unpaired) electrons. The Morgan fingerprint density at radius 3 is 2.88 bits per heavy atom. The molecule has 1 fully saturated rings. The number of hydrogen-bond donors (Lipinski definition) is 1. The minimum atomic E-state index is -0.456. The number of rotatable bonds is 3. The predicted molar refractivity (Wildman–Crippen MR) is 69.7 cm³/mol.